The Morgan fingerprint density at radius 2 is 1.23 bits per heavy atom. The van der Waals surface area contributed by atoms with Crippen LogP contribution in [0.1, 0.15) is 0 Å². The van der Waals surface area contributed by atoms with Gasteiger partial charge in [0.25, 0.3) is 0 Å². The van der Waals surface area contributed by atoms with Crippen molar-refractivity contribution in [1.29, 1.82) is 0 Å². The van der Waals surface area contributed by atoms with Crippen molar-refractivity contribution in [2.45, 2.75) is 0 Å². The standard InChI is InChI=1S/C20H11ClS/c21-16-10-5-9-14-12-6-1-2-7-13(12)18-15-8-3-4-11-17(15)22-20(18)19(14)16/h1-11H. The molecule has 0 aliphatic heterocycles. The third-order valence-corrected chi connectivity index (χ3v) is 5.83. The maximum absolute atomic E-state index is 6.57. The Bertz CT molecular complexity index is 1180. The van der Waals surface area contributed by atoms with E-state index in [0.29, 0.717) is 0 Å². The molecule has 0 unspecified atom stereocenters. The quantitative estimate of drug-likeness (QED) is 0.269. The minimum absolute atomic E-state index is 0.833. The number of halogens is 1. The molecular formula is C20H11ClS. The van der Waals surface area contributed by atoms with Crippen molar-refractivity contribution in [3.63, 3.8) is 0 Å². The number of rotatable bonds is 0. The zero-order valence-electron chi connectivity index (χ0n) is 11.6. The van der Waals surface area contributed by atoms with Gasteiger partial charge in [-0.05, 0) is 28.3 Å². The van der Waals surface area contributed by atoms with Gasteiger partial charge in [-0.15, -0.1) is 11.3 Å². The van der Waals surface area contributed by atoms with Crippen molar-refractivity contribution in [1.82, 2.24) is 0 Å². The molecule has 5 aromatic rings. The lowest BCUT2D eigenvalue weighted by atomic mass is 9.97. The van der Waals surface area contributed by atoms with Gasteiger partial charge < -0.3 is 0 Å². The predicted molar refractivity (Wildman–Crippen MR) is 99.4 cm³/mol. The Kier molecular flexibility index (Phi) is 2.52. The van der Waals surface area contributed by atoms with Crippen LogP contribution in [0.15, 0.2) is 66.7 Å². The van der Waals surface area contributed by atoms with E-state index in [9.17, 15) is 0 Å². The second-order valence-electron chi connectivity index (χ2n) is 5.51. The van der Waals surface area contributed by atoms with Crippen LogP contribution >= 0.6 is 22.9 Å². The van der Waals surface area contributed by atoms with Crippen molar-refractivity contribution in [3.8, 4) is 0 Å². The number of fused-ring (bicyclic) bond motifs is 8. The van der Waals surface area contributed by atoms with Crippen LogP contribution < -0.4 is 0 Å². The molecule has 104 valence electrons. The summed E-state index contributed by atoms with van der Waals surface area (Å²) in [6.07, 6.45) is 0. The normalized spacial score (nSPS) is 11.9. The second-order valence-corrected chi connectivity index (χ2v) is 6.97. The number of thiophene rings is 1. The van der Waals surface area contributed by atoms with Crippen LogP contribution in [0.4, 0.5) is 0 Å². The van der Waals surface area contributed by atoms with Crippen LogP contribution in [0.5, 0.6) is 0 Å². The van der Waals surface area contributed by atoms with E-state index >= 15 is 0 Å². The monoisotopic (exact) mass is 318 g/mol. The summed E-state index contributed by atoms with van der Waals surface area (Å²) < 4.78 is 2.61. The summed E-state index contributed by atoms with van der Waals surface area (Å²) >= 11 is 8.41. The average Bonchev–Trinajstić information content (AvgIpc) is 2.94. The van der Waals surface area contributed by atoms with Gasteiger partial charge in [-0.25, -0.2) is 0 Å². The Hall–Kier alpha value is -2.09. The topological polar surface area (TPSA) is 0 Å². The van der Waals surface area contributed by atoms with E-state index in [4.69, 9.17) is 11.6 Å². The van der Waals surface area contributed by atoms with Gasteiger partial charge in [0.15, 0.2) is 0 Å². The Labute approximate surface area is 136 Å². The summed E-state index contributed by atoms with van der Waals surface area (Å²) in [5.74, 6) is 0. The summed E-state index contributed by atoms with van der Waals surface area (Å²) in [6, 6.07) is 23.4. The first kappa shape index (κ1) is 12.5. The van der Waals surface area contributed by atoms with Crippen molar-refractivity contribution in [3.05, 3.63) is 71.8 Å². The second kappa shape index (κ2) is 4.45. The molecular weight excluding hydrogens is 308 g/mol. The highest BCUT2D eigenvalue weighted by molar-refractivity contribution is 7.27. The Morgan fingerprint density at radius 3 is 2.09 bits per heavy atom. The van der Waals surface area contributed by atoms with Crippen LogP contribution in [0.2, 0.25) is 5.02 Å². The molecule has 4 aromatic carbocycles. The zero-order chi connectivity index (χ0) is 14.7. The van der Waals surface area contributed by atoms with Gasteiger partial charge in [-0.3, -0.25) is 0 Å². The van der Waals surface area contributed by atoms with Crippen molar-refractivity contribution < 1.29 is 0 Å². The van der Waals surface area contributed by atoms with Gasteiger partial charge in [-0.1, -0.05) is 66.2 Å². The molecule has 2 heteroatoms. The van der Waals surface area contributed by atoms with Gasteiger partial charge in [-0.2, -0.15) is 0 Å². The first-order valence-electron chi connectivity index (χ1n) is 7.25. The third kappa shape index (κ3) is 1.53. The maximum atomic E-state index is 6.57. The largest absolute Gasteiger partial charge is 0.134 e. The maximum Gasteiger partial charge on any atom is 0.0499 e. The first-order valence-corrected chi connectivity index (χ1v) is 8.44. The van der Waals surface area contributed by atoms with Crippen molar-refractivity contribution in [2.75, 3.05) is 0 Å². The minimum Gasteiger partial charge on any atom is -0.134 e. The molecule has 1 aromatic heterocycles. The molecule has 1 heterocycles. The number of hydrogen-bond donors (Lipinski definition) is 0. The average molecular weight is 319 g/mol. The Balaban J connectivity index is 2.26. The van der Waals surface area contributed by atoms with Crippen LogP contribution in [-0.2, 0) is 0 Å². The predicted octanol–water partition coefficient (Wildman–Crippen LogP) is 7.01. The smallest absolute Gasteiger partial charge is 0.0499 e. The molecule has 0 atom stereocenters. The molecule has 0 saturated heterocycles. The molecule has 0 bridgehead atoms. The molecule has 0 nitrogen and oxygen atoms in total. The van der Waals surface area contributed by atoms with Gasteiger partial charge >= 0.3 is 0 Å². The van der Waals surface area contributed by atoms with Crippen LogP contribution in [0, 0.1) is 0 Å². The van der Waals surface area contributed by atoms with Gasteiger partial charge in [0.05, 0.1) is 0 Å². The van der Waals surface area contributed by atoms with Gasteiger partial charge in [0, 0.05) is 30.6 Å². The van der Waals surface area contributed by atoms with E-state index in [0.717, 1.165) is 5.02 Å². The van der Waals surface area contributed by atoms with E-state index in [2.05, 4.69) is 54.6 Å². The van der Waals surface area contributed by atoms with Crippen molar-refractivity contribution >= 4 is 64.7 Å². The Morgan fingerprint density at radius 1 is 0.591 bits per heavy atom. The molecule has 5 rings (SSSR count). The fourth-order valence-corrected chi connectivity index (χ4v) is 5.02. The molecule has 0 aliphatic rings. The van der Waals surface area contributed by atoms with Crippen LogP contribution in [0.3, 0.4) is 0 Å². The molecule has 22 heavy (non-hydrogen) atoms. The van der Waals surface area contributed by atoms with Gasteiger partial charge in [0.2, 0.25) is 0 Å². The molecule has 0 aliphatic carbocycles. The molecule has 0 radical (unpaired) electrons. The van der Waals surface area contributed by atoms with E-state index in [1.807, 2.05) is 23.5 Å². The number of hydrogen-bond acceptors (Lipinski definition) is 1. The van der Waals surface area contributed by atoms with Crippen molar-refractivity contribution in [2.24, 2.45) is 0 Å². The zero-order valence-corrected chi connectivity index (χ0v) is 13.2. The van der Waals surface area contributed by atoms with E-state index in [1.165, 1.54) is 41.7 Å². The third-order valence-electron chi connectivity index (χ3n) is 4.32. The molecule has 0 spiro atoms. The highest BCUT2D eigenvalue weighted by Crippen LogP contribution is 2.45. The summed E-state index contributed by atoms with van der Waals surface area (Å²) in [6.45, 7) is 0. The molecule has 0 N–H and O–H groups in total. The van der Waals surface area contributed by atoms with Crippen LogP contribution in [0.25, 0.3) is 41.7 Å². The van der Waals surface area contributed by atoms with Gasteiger partial charge in [0.1, 0.15) is 0 Å². The summed E-state index contributed by atoms with van der Waals surface area (Å²) in [4.78, 5) is 0. The highest BCUT2D eigenvalue weighted by Gasteiger charge is 2.15. The fourth-order valence-electron chi connectivity index (χ4n) is 3.40. The molecule has 0 fully saturated rings. The van der Waals surface area contributed by atoms with Crippen LogP contribution in [-0.4, -0.2) is 0 Å². The lowest BCUT2D eigenvalue weighted by Gasteiger charge is -2.08. The molecule has 0 amide bonds. The molecule has 0 saturated carbocycles. The lowest BCUT2D eigenvalue weighted by molar-refractivity contribution is 1.80. The summed E-state index contributed by atoms with van der Waals surface area (Å²) in [5.41, 5.74) is 0. The SMILES string of the molecule is Clc1cccc2c3ccccc3c3c4ccccc4sc3c12. The lowest BCUT2D eigenvalue weighted by Crippen LogP contribution is -1.80. The first-order chi connectivity index (χ1) is 10.8. The minimum atomic E-state index is 0.833. The van der Waals surface area contributed by atoms with E-state index in [1.54, 1.807) is 0 Å². The summed E-state index contributed by atoms with van der Waals surface area (Å²) in [7, 11) is 0. The van der Waals surface area contributed by atoms with E-state index < -0.39 is 0 Å². The fraction of sp³-hybridized carbons (Fsp3) is 0. The van der Waals surface area contributed by atoms with E-state index in [-0.39, 0.29) is 0 Å². The summed E-state index contributed by atoms with van der Waals surface area (Å²) in [5, 5.41) is 8.49. The number of benzene rings is 4. The highest BCUT2D eigenvalue weighted by atomic mass is 35.5.